The van der Waals surface area contributed by atoms with Crippen LogP contribution in [0.4, 0.5) is 23.1 Å². The Bertz CT molecular complexity index is 920. The zero-order valence-corrected chi connectivity index (χ0v) is 14.9. The molecular formula is C17H16F3N3O3S. The van der Waals surface area contributed by atoms with Crippen molar-refractivity contribution in [3.63, 3.8) is 0 Å². The Morgan fingerprint density at radius 2 is 2.00 bits per heavy atom. The van der Waals surface area contributed by atoms with Gasteiger partial charge in [-0.25, -0.2) is 9.78 Å². The number of urea groups is 1. The number of anilines is 1. The summed E-state index contributed by atoms with van der Waals surface area (Å²) in [7, 11) is 0. The Kier molecular flexibility index (Phi) is 5.11. The predicted molar refractivity (Wildman–Crippen MR) is 94.7 cm³/mol. The first-order chi connectivity index (χ1) is 12.7. The summed E-state index contributed by atoms with van der Waals surface area (Å²) in [6.07, 6.45) is -5.75. The molecule has 0 spiro atoms. The van der Waals surface area contributed by atoms with Crippen LogP contribution in [0, 0.1) is 6.92 Å². The molecular weight excluding hydrogens is 383 g/mol. The Morgan fingerprint density at radius 3 is 2.63 bits per heavy atom. The molecule has 2 aromatic heterocycles. The number of fused-ring (bicyclic) bond motifs is 1. The lowest BCUT2D eigenvalue weighted by Gasteiger charge is -2.28. The summed E-state index contributed by atoms with van der Waals surface area (Å²) in [5.74, 6) is -0.366. The van der Waals surface area contributed by atoms with Gasteiger partial charge in [0.2, 0.25) is 5.60 Å². The average Bonchev–Trinajstić information content (AvgIpc) is 3.19. The summed E-state index contributed by atoms with van der Waals surface area (Å²) >= 11 is 1.24. The second-order valence-corrected chi connectivity index (χ2v) is 6.92. The van der Waals surface area contributed by atoms with Crippen molar-refractivity contribution in [3.8, 4) is 0 Å². The highest BCUT2D eigenvalue weighted by Gasteiger charge is 2.56. The molecule has 0 radical (unpaired) electrons. The fourth-order valence-electron chi connectivity index (χ4n) is 2.49. The van der Waals surface area contributed by atoms with Gasteiger partial charge >= 0.3 is 12.2 Å². The molecule has 2 heterocycles. The number of hydrogen-bond acceptors (Lipinski definition) is 5. The molecule has 27 heavy (non-hydrogen) atoms. The van der Waals surface area contributed by atoms with Crippen molar-refractivity contribution >= 4 is 32.7 Å². The number of nitrogens with zero attached hydrogens (tertiary/aromatic N) is 1. The number of aromatic nitrogens is 1. The molecule has 2 amide bonds. The minimum Gasteiger partial charge on any atom is -0.463 e. The van der Waals surface area contributed by atoms with Crippen molar-refractivity contribution in [3.05, 3.63) is 47.9 Å². The summed E-state index contributed by atoms with van der Waals surface area (Å²) in [4.78, 5) is 16.1. The Morgan fingerprint density at radius 1 is 1.26 bits per heavy atom. The molecule has 144 valence electrons. The number of carbonyl (C=O) groups is 1. The zero-order valence-electron chi connectivity index (χ0n) is 14.1. The van der Waals surface area contributed by atoms with E-state index in [1.165, 1.54) is 24.3 Å². The Balaban J connectivity index is 1.62. The largest absolute Gasteiger partial charge is 0.463 e. The standard InChI is InChI=1S/C17H16F3N3O3S/c1-10-6-7-13(26-10)16(25,17(18,19)20)8-9-21-14(24)23-15-22-11-4-2-3-5-12(11)27-15/h2-7,25H,8-9H2,1H3,(H2,21,22,23,24)/t16-/m0/s1. The van der Waals surface area contributed by atoms with E-state index < -0.39 is 36.5 Å². The number of hydrogen-bond donors (Lipinski definition) is 3. The van der Waals surface area contributed by atoms with E-state index in [1.54, 1.807) is 12.1 Å². The minimum atomic E-state index is -4.96. The molecule has 6 nitrogen and oxygen atoms in total. The molecule has 0 aliphatic rings. The number of amides is 2. The lowest BCUT2D eigenvalue weighted by molar-refractivity contribution is -0.274. The summed E-state index contributed by atoms with van der Waals surface area (Å²) in [6, 6.07) is 8.95. The van der Waals surface area contributed by atoms with Crippen molar-refractivity contribution in [1.29, 1.82) is 0 Å². The highest BCUT2D eigenvalue weighted by molar-refractivity contribution is 7.22. The number of benzene rings is 1. The number of aliphatic hydroxyl groups is 1. The van der Waals surface area contributed by atoms with E-state index in [9.17, 15) is 23.1 Å². The third-order valence-electron chi connectivity index (χ3n) is 3.90. The van der Waals surface area contributed by atoms with Gasteiger partial charge in [-0.1, -0.05) is 23.5 Å². The summed E-state index contributed by atoms with van der Waals surface area (Å²) in [6.45, 7) is 1.05. The van der Waals surface area contributed by atoms with Gasteiger partial charge in [0, 0.05) is 13.0 Å². The third kappa shape index (κ3) is 4.06. The first-order valence-corrected chi connectivity index (χ1v) is 8.77. The lowest BCUT2D eigenvalue weighted by atomic mass is 9.96. The highest BCUT2D eigenvalue weighted by Crippen LogP contribution is 2.42. The zero-order chi connectivity index (χ0) is 19.7. The van der Waals surface area contributed by atoms with Crippen LogP contribution in [0.15, 0.2) is 40.8 Å². The number of rotatable bonds is 5. The number of para-hydroxylation sites is 1. The van der Waals surface area contributed by atoms with Crippen LogP contribution in [-0.4, -0.2) is 28.8 Å². The van der Waals surface area contributed by atoms with Crippen LogP contribution in [0.25, 0.3) is 10.2 Å². The molecule has 0 saturated carbocycles. The van der Waals surface area contributed by atoms with Crippen LogP contribution in [-0.2, 0) is 5.60 Å². The van der Waals surface area contributed by atoms with Crippen molar-refractivity contribution in [2.75, 3.05) is 11.9 Å². The molecule has 10 heteroatoms. The molecule has 3 N–H and O–H groups in total. The van der Waals surface area contributed by atoms with Gasteiger partial charge in [0.25, 0.3) is 0 Å². The van der Waals surface area contributed by atoms with Crippen molar-refractivity contribution in [2.24, 2.45) is 0 Å². The van der Waals surface area contributed by atoms with Crippen LogP contribution in [0.3, 0.4) is 0 Å². The molecule has 3 aromatic rings. The molecule has 1 atom stereocenters. The van der Waals surface area contributed by atoms with E-state index in [4.69, 9.17) is 4.42 Å². The van der Waals surface area contributed by atoms with Gasteiger partial charge in [-0.05, 0) is 31.2 Å². The van der Waals surface area contributed by atoms with Crippen LogP contribution >= 0.6 is 11.3 Å². The monoisotopic (exact) mass is 399 g/mol. The number of thiazole rings is 1. The normalized spacial score (nSPS) is 14.1. The molecule has 0 aliphatic carbocycles. The second-order valence-electron chi connectivity index (χ2n) is 5.89. The fraction of sp³-hybridized carbons (Fsp3) is 0.294. The molecule has 0 unspecified atom stereocenters. The maximum absolute atomic E-state index is 13.3. The number of nitrogens with one attached hydrogen (secondary N) is 2. The van der Waals surface area contributed by atoms with Gasteiger partial charge in [0.15, 0.2) is 5.13 Å². The molecule has 3 rings (SSSR count). The van der Waals surface area contributed by atoms with Gasteiger partial charge in [-0.3, -0.25) is 5.32 Å². The van der Waals surface area contributed by atoms with Crippen molar-refractivity contribution < 1.29 is 27.5 Å². The average molecular weight is 399 g/mol. The molecule has 1 aromatic carbocycles. The van der Waals surface area contributed by atoms with E-state index in [0.29, 0.717) is 10.6 Å². The van der Waals surface area contributed by atoms with Crippen LogP contribution in [0.1, 0.15) is 17.9 Å². The Hall–Kier alpha value is -2.59. The van der Waals surface area contributed by atoms with Crippen LogP contribution in [0.2, 0.25) is 0 Å². The van der Waals surface area contributed by atoms with Gasteiger partial charge in [-0.15, -0.1) is 0 Å². The SMILES string of the molecule is Cc1ccc([C@@](O)(CCNC(=O)Nc2nc3ccccc3s2)C(F)(F)F)o1. The van der Waals surface area contributed by atoms with Crippen LogP contribution < -0.4 is 10.6 Å². The predicted octanol–water partition coefficient (Wildman–Crippen LogP) is 4.16. The fourth-order valence-corrected chi connectivity index (χ4v) is 3.35. The molecule has 0 fully saturated rings. The highest BCUT2D eigenvalue weighted by atomic mass is 32.1. The first-order valence-electron chi connectivity index (χ1n) is 7.95. The molecule has 0 saturated heterocycles. The quantitative estimate of drug-likeness (QED) is 0.601. The summed E-state index contributed by atoms with van der Waals surface area (Å²) in [5.41, 5.74) is -2.48. The summed E-state index contributed by atoms with van der Waals surface area (Å²) < 4.78 is 45.8. The van der Waals surface area contributed by atoms with E-state index in [-0.39, 0.29) is 5.76 Å². The first kappa shape index (κ1) is 19.2. The van der Waals surface area contributed by atoms with E-state index in [1.807, 2.05) is 12.1 Å². The minimum absolute atomic E-state index is 0.245. The maximum atomic E-state index is 13.3. The lowest BCUT2D eigenvalue weighted by Crippen LogP contribution is -2.45. The molecule has 0 aliphatic heterocycles. The van der Waals surface area contributed by atoms with Gasteiger partial charge in [0.1, 0.15) is 11.5 Å². The van der Waals surface area contributed by atoms with E-state index >= 15 is 0 Å². The smallest absolute Gasteiger partial charge is 0.424 e. The van der Waals surface area contributed by atoms with Gasteiger partial charge in [0.05, 0.1) is 10.2 Å². The number of alkyl halides is 3. The van der Waals surface area contributed by atoms with Gasteiger partial charge < -0.3 is 14.8 Å². The molecule has 0 bridgehead atoms. The van der Waals surface area contributed by atoms with Crippen molar-refractivity contribution in [2.45, 2.75) is 25.1 Å². The van der Waals surface area contributed by atoms with Crippen LogP contribution in [0.5, 0.6) is 0 Å². The number of furan rings is 1. The van der Waals surface area contributed by atoms with E-state index in [2.05, 4.69) is 15.6 Å². The van der Waals surface area contributed by atoms with Gasteiger partial charge in [-0.2, -0.15) is 13.2 Å². The van der Waals surface area contributed by atoms with E-state index in [0.717, 1.165) is 10.8 Å². The Labute approximate surface area is 156 Å². The summed E-state index contributed by atoms with van der Waals surface area (Å²) in [5, 5.41) is 15.2. The number of halogens is 3. The second kappa shape index (κ2) is 7.20. The third-order valence-corrected chi connectivity index (χ3v) is 4.86. The topological polar surface area (TPSA) is 87.4 Å². The van der Waals surface area contributed by atoms with Crippen molar-refractivity contribution in [1.82, 2.24) is 10.3 Å². The maximum Gasteiger partial charge on any atom is 0.424 e. The number of carbonyl (C=O) groups excluding carboxylic acids is 1. The number of aryl methyl sites for hydroxylation is 1.